The summed E-state index contributed by atoms with van der Waals surface area (Å²) < 4.78 is 0. The first-order valence-corrected chi connectivity index (χ1v) is 6.74. The first-order chi connectivity index (χ1) is 9.21. The third-order valence-electron chi connectivity index (χ3n) is 3.05. The van der Waals surface area contributed by atoms with Gasteiger partial charge < -0.3 is 15.7 Å². The number of rotatable bonds is 8. The number of pyridine rings is 1. The van der Waals surface area contributed by atoms with Gasteiger partial charge in [0, 0.05) is 32.1 Å². The van der Waals surface area contributed by atoms with E-state index in [1.54, 1.807) is 19.3 Å². The zero-order valence-corrected chi connectivity index (χ0v) is 11.6. The van der Waals surface area contributed by atoms with Gasteiger partial charge in [-0.3, -0.25) is 9.78 Å². The van der Waals surface area contributed by atoms with Crippen molar-refractivity contribution >= 4 is 11.6 Å². The minimum atomic E-state index is -0.191. The maximum atomic E-state index is 11.5. The largest absolute Gasteiger partial charge is 0.396 e. The number of nitrogens with one attached hydrogen (secondary N) is 2. The molecule has 0 saturated heterocycles. The fraction of sp³-hybridized carbons (Fsp3) is 0.571. The summed E-state index contributed by atoms with van der Waals surface area (Å²) in [7, 11) is 1.59. The highest BCUT2D eigenvalue weighted by Crippen LogP contribution is 2.14. The molecule has 1 atom stereocenters. The predicted octanol–water partition coefficient (Wildman–Crippen LogP) is 1.65. The van der Waals surface area contributed by atoms with Crippen LogP contribution in [0.15, 0.2) is 18.3 Å². The van der Waals surface area contributed by atoms with Gasteiger partial charge in [0.2, 0.25) is 0 Å². The smallest absolute Gasteiger partial charge is 0.269 e. The van der Waals surface area contributed by atoms with Crippen LogP contribution in [0, 0.1) is 5.92 Å². The summed E-state index contributed by atoms with van der Waals surface area (Å²) in [6.07, 6.45) is 4.61. The molecular formula is C14H23N3O2. The number of hydrogen-bond donors (Lipinski definition) is 3. The zero-order valence-electron chi connectivity index (χ0n) is 11.6. The molecule has 0 aliphatic carbocycles. The number of aliphatic hydroxyl groups is 1. The van der Waals surface area contributed by atoms with E-state index in [-0.39, 0.29) is 12.5 Å². The fourth-order valence-corrected chi connectivity index (χ4v) is 1.99. The van der Waals surface area contributed by atoms with Crippen LogP contribution in [0.25, 0.3) is 0 Å². The van der Waals surface area contributed by atoms with Crippen LogP contribution in [0.3, 0.4) is 0 Å². The van der Waals surface area contributed by atoms with Crippen molar-refractivity contribution in [3.05, 3.63) is 24.0 Å². The second-order valence-corrected chi connectivity index (χ2v) is 4.56. The van der Waals surface area contributed by atoms with Gasteiger partial charge in [-0.1, -0.05) is 13.3 Å². The molecule has 1 heterocycles. The summed E-state index contributed by atoms with van der Waals surface area (Å²) >= 11 is 0. The highest BCUT2D eigenvalue weighted by atomic mass is 16.3. The van der Waals surface area contributed by atoms with Crippen LogP contribution in [-0.4, -0.2) is 36.2 Å². The third kappa shape index (κ3) is 5.26. The van der Waals surface area contributed by atoms with Gasteiger partial charge in [0.05, 0.1) is 0 Å². The SMILES string of the molecule is CCCC(CCO)CNc1ccnc(C(=O)NC)c1. The topological polar surface area (TPSA) is 74.2 Å². The first kappa shape index (κ1) is 15.4. The number of aliphatic hydroxyl groups excluding tert-OH is 1. The van der Waals surface area contributed by atoms with Gasteiger partial charge in [-0.15, -0.1) is 0 Å². The van der Waals surface area contributed by atoms with Crippen LogP contribution in [0.4, 0.5) is 5.69 Å². The van der Waals surface area contributed by atoms with Gasteiger partial charge in [0.1, 0.15) is 5.69 Å². The van der Waals surface area contributed by atoms with Crippen LogP contribution < -0.4 is 10.6 Å². The molecule has 1 amide bonds. The normalized spacial score (nSPS) is 11.9. The number of anilines is 1. The van der Waals surface area contributed by atoms with E-state index in [0.29, 0.717) is 11.6 Å². The van der Waals surface area contributed by atoms with Crippen molar-refractivity contribution < 1.29 is 9.90 Å². The Morgan fingerprint density at radius 1 is 1.47 bits per heavy atom. The fourth-order valence-electron chi connectivity index (χ4n) is 1.99. The minimum absolute atomic E-state index is 0.191. The molecule has 0 saturated carbocycles. The van der Waals surface area contributed by atoms with E-state index in [1.807, 2.05) is 6.07 Å². The van der Waals surface area contributed by atoms with Crippen molar-refractivity contribution in [3.8, 4) is 0 Å². The number of nitrogens with zero attached hydrogens (tertiary/aromatic N) is 1. The van der Waals surface area contributed by atoms with Gasteiger partial charge >= 0.3 is 0 Å². The maximum Gasteiger partial charge on any atom is 0.269 e. The Hall–Kier alpha value is -1.62. The Balaban J connectivity index is 2.58. The summed E-state index contributed by atoms with van der Waals surface area (Å²) in [6, 6.07) is 3.58. The summed E-state index contributed by atoms with van der Waals surface area (Å²) in [6.45, 7) is 3.15. The van der Waals surface area contributed by atoms with Crippen molar-refractivity contribution in [2.45, 2.75) is 26.2 Å². The highest BCUT2D eigenvalue weighted by molar-refractivity contribution is 5.92. The lowest BCUT2D eigenvalue weighted by Gasteiger charge is -2.16. The van der Waals surface area contributed by atoms with Crippen molar-refractivity contribution in [1.82, 2.24) is 10.3 Å². The molecule has 1 unspecified atom stereocenters. The Bertz CT molecular complexity index is 390. The molecule has 3 N–H and O–H groups in total. The molecule has 0 aliphatic rings. The lowest BCUT2D eigenvalue weighted by atomic mass is 10.0. The van der Waals surface area contributed by atoms with E-state index in [9.17, 15) is 4.79 Å². The molecule has 0 aliphatic heterocycles. The standard InChI is InChI=1S/C14H23N3O2/c1-3-4-11(6-8-18)10-17-12-5-7-16-13(9-12)14(19)15-2/h5,7,9,11,18H,3-4,6,8,10H2,1-2H3,(H,15,19)(H,16,17). The van der Waals surface area contributed by atoms with Crippen LogP contribution in [0.5, 0.6) is 0 Å². The molecule has 5 heteroatoms. The van der Waals surface area contributed by atoms with Crippen LogP contribution in [0.2, 0.25) is 0 Å². The molecule has 1 rings (SSSR count). The van der Waals surface area contributed by atoms with Gasteiger partial charge in [-0.05, 0) is 30.9 Å². The van der Waals surface area contributed by atoms with E-state index in [4.69, 9.17) is 5.11 Å². The van der Waals surface area contributed by atoms with Gasteiger partial charge in [-0.25, -0.2) is 0 Å². The van der Waals surface area contributed by atoms with E-state index >= 15 is 0 Å². The average Bonchev–Trinajstić information content (AvgIpc) is 2.44. The molecule has 1 aromatic heterocycles. The molecule has 0 bridgehead atoms. The number of hydrogen-bond acceptors (Lipinski definition) is 4. The van der Waals surface area contributed by atoms with Crippen molar-refractivity contribution in [3.63, 3.8) is 0 Å². The van der Waals surface area contributed by atoms with Crippen molar-refractivity contribution in [1.29, 1.82) is 0 Å². The summed E-state index contributed by atoms with van der Waals surface area (Å²) in [5.74, 6) is 0.260. The number of amides is 1. The van der Waals surface area contributed by atoms with Crippen LogP contribution >= 0.6 is 0 Å². The van der Waals surface area contributed by atoms with Gasteiger partial charge in [0.15, 0.2) is 0 Å². The maximum absolute atomic E-state index is 11.5. The van der Waals surface area contributed by atoms with Crippen molar-refractivity contribution in [2.24, 2.45) is 5.92 Å². The first-order valence-electron chi connectivity index (χ1n) is 6.74. The molecule has 5 nitrogen and oxygen atoms in total. The zero-order chi connectivity index (χ0) is 14.1. The lowest BCUT2D eigenvalue weighted by molar-refractivity contribution is 0.0958. The van der Waals surface area contributed by atoms with Crippen molar-refractivity contribution in [2.75, 3.05) is 25.5 Å². The minimum Gasteiger partial charge on any atom is -0.396 e. The molecule has 19 heavy (non-hydrogen) atoms. The van der Waals surface area contributed by atoms with E-state index < -0.39 is 0 Å². The summed E-state index contributed by atoms with van der Waals surface area (Å²) in [4.78, 5) is 15.5. The molecule has 0 fully saturated rings. The Labute approximate surface area is 114 Å². The quantitative estimate of drug-likeness (QED) is 0.668. The van der Waals surface area contributed by atoms with Crippen LogP contribution in [0.1, 0.15) is 36.7 Å². The molecule has 0 radical (unpaired) electrons. The lowest BCUT2D eigenvalue weighted by Crippen LogP contribution is -2.20. The third-order valence-corrected chi connectivity index (χ3v) is 3.05. The second kappa shape index (κ2) is 8.48. The van der Waals surface area contributed by atoms with Gasteiger partial charge in [0.25, 0.3) is 5.91 Å². The number of aromatic nitrogens is 1. The summed E-state index contributed by atoms with van der Waals surface area (Å²) in [5.41, 5.74) is 1.29. The summed E-state index contributed by atoms with van der Waals surface area (Å²) in [5, 5.41) is 14.9. The van der Waals surface area contributed by atoms with Crippen LogP contribution in [-0.2, 0) is 0 Å². The molecular weight excluding hydrogens is 242 g/mol. The van der Waals surface area contributed by atoms with E-state index in [1.165, 1.54) is 0 Å². The molecule has 1 aromatic rings. The van der Waals surface area contributed by atoms with Gasteiger partial charge in [-0.2, -0.15) is 0 Å². The molecule has 0 aromatic carbocycles. The molecule has 0 spiro atoms. The predicted molar refractivity (Wildman–Crippen MR) is 76.2 cm³/mol. The molecule has 106 valence electrons. The highest BCUT2D eigenvalue weighted by Gasteiger charge is 2.08. The van der Waals surface area contributed by atoms with E-state index in [0.717, 1.165) is 31.5 Å². The number of carbonyl (C=O) groups excluding carboxylic acids is 1. The Kier molecular flexibility index (Phi) is 6.89. The monoisotopic (exact) mass is 265 g/mol. The number of carbonyl (C=O) groups is 1. The van der Waals surface area contributed by atoms with E-state index in [2.05, 4.69) is 22.5 Å². The average molecular weight is 265 g/mol. The second-order valence-electron chi connectivity index (χ2n) is 4.56. The Morgan fingerprint density at radius 3 is 2.89 bits per heavy atom. The Morgan fingerprint density at radius 2 is 2.26 bits per heavy atom.